The lowest BCUT2D eigenvalue weighted by atomic mass is 10.3. The van der Waals surface area contributed by atoms with Gasteiger partial charge in [-0.05, 0) is 48.7 Å². The van der Waals surface area contributed by atoms with Gasteiger partial charge in [-0.1, -0.05) is 0 Å². The number of carbonyl (C=O) groups excluding carboxylic acids is 1. The van der Waals surface area contributed by atoms with Gasteiger partial charge in [0, 0.05) is 20.1 Å². The van der Waals surface area contributed by atoms with Crippen LogP contribution in [-0.2, 0) is 9.53 Å². The van der Waals surface area contributed by atoms with Crippen molar-refractivity contribution < 1.29 is 9.53 Å². The van der Waals surface area contributed by atoms with Crippen molar-refractivity contribution in [3.63, 3.8) is 0 Å². The summed E-state index contributed by atoms with van der Waals surface area (Å²) in [6.45, 7) is 5.00. The molecule has 0 radical (unpaired) electrons. The molecule has 7 nitrogen and oxygen atoms in total. The first-order valence-corrected chi connectivity index (χ1v) is 6.37. The van der Waals surface area contributed by atoms with Gasteiger partial charge in [-0.15, -0.1) is 0 Å². The SMILES string of the molecule is CCN1C(=O)/C(=C\C=C2/N(C)N=NN2CC)OC1=S. The van der Waals surface area contributed by atoms with Crippen LogP contribution in [0.15, 0.2) is 34.2 Å². The molecule has 0 saturated carbocycles. The minimum absolute atomic E-state index is 0.193. The van der Waals surface area contributed by atoms with E-state index < -0.39 is 0 Å². The number of likely N-dealkylation sites (N-methyl/N-ethyl adjacent to an activating group) is 1. The number of carbonyl (C=O) groups is 1. The summed E-state index contributed by atoms with van der Waals surface area (Å²) in [6.07, 6.45) is 3.33. The summed E-state index contributed by atoms with van der Waals surface area (Å²) in [6, 6.07) is 0. The molecule has 2 aliphatic heterocycles. The lowest BCUT2D eigenvalue weighted by Crippen LogP contribution is -2.27. The van der Waals surface area contributed by atoms with Crippen molar-refractivity contribution in [2.24, 2.45) is 10.4 Å². The van der Waals surface area contributed by atoms with Gasteiger partial charge in [0.25, 0.3) is 11.1 Å². The van der Waals surface area contributed by atoms with Gasteiger partial charge in [-0.25, -0.2) is 10.0 Å². The molecule has 102 valence electrons. The third kappa shape index (κ3) is 2.43. The van der Waals surface area contributed by atoms with Gasteiger partial charge in [0.2, 0.25) is 0 Å². The van der Waals surface area contributed by atoms with E-state index in [2.05, 4.69) is 10.4 Å². The molecule has 2 aliphatic rings. The second-order valence-corrected chi connectivity index (χ2v) is 4.24. The molecular weight excluding hydrogens is 266 g/mol. The highest BCUT2D eigenvalue weighted by Crippen LogP contribution is 2.20. The third-order valence-corrected chi connectivity index (χ3v) is 3.05. The van der Waals surface area contributed by atoms with E-state index in [0.29, 0.717) is 13.1 Å². The Bertz CT molecular complexity index is 499. The first kappa shape index (κ1) is 13.5. The van der Waals surface area contributed by atoms with Crippen molar-refractivity contribution in [3.05, 3.63) is 23.7 Å². The lowest BCUT2D eigenvalue weighted by Gasteiger charge is -2.14. The van der Waals surface area contributed by atoms with E-state index >= 15 is 0 Å². The van der Waals surface area contributed by atoms with Gasteiger partial charge in [0.1, 0.15) is 5.82 Å². The molecule has 0 aliphatic carbocycles. The standard InChI is InChI=1S/C11H15N5O2S/c1-4-15-10(17)8(18-11(15)19)6-7-9-14(3)12-13-16(9)5-2/h6-7H,4-5H2,1-3H3/b8-6+,9-7+. The Kier molecular flexibility index (Phi) is 3.79. The summed E-state index contributed by atoms with van der Waals surface area (Å²) in [5.74, 6) is 0.768. The molecule has 19 heavy (non-hydrogen) atoms. The summed E-state index contributed by atoms with van der Waals surface area (Å²) in [5, 5.41) is 11.4. The van der Waals surface area contributed by atoms with E-state index in [9.17, 15) is 4.79 Å². The minimum Gasteiger partial charge on any atom is -0.426 e. The molecule has 0 aromatic carbocycles. The van der Waals surface area contributed by atoms with Gasteiger partial charge in [-0.3, -0.25) is 9.69 Å². The first-order chi connectivity index (χ1) is 9.08. The molecule has 0 aromatic rings. The maximum absolute atomic E-state index is 11.9. The van der Waals surface area contributed by atoms with Gasteiger partial charge in [0.15, 0.2) is 5.76 Å². The molecule has 0 bridgehead atoms. The number of nitrogens with zero attached hydrogens (tertiary/aromatic N) is 5. The Balaban J connectivity index is 2.19. The van der Waals surface area contributed by atoms with Crippen LogP contribution >= 0.6 is 12.2 Å². The van der Waals surface area contributed by atoms with Crippen molar-refractivity contribution in [2.75, 3.05) is 20.1 Å². The minimum atomic E-state index is -0.220. The highest BCUT2D eigenvalue weighted by Gasteiger charge is 2.31. The number of thiocarbonyl (C=S) groups is 1. The van der Waals surface area contributed by atoms with E-state index in [-0.39, 0.29) is 16.8 Å². The highest BCUT2D eigenvalue weighted by atomic mass is 32.1. The Labute approximate surface area is 116 Å². The highest BCUT2D eigenvalue weighted by molar-refractivity contribution is 7.80. The fourth-order valence-corrected chi connectivity index (χ4v) is 2.02. The van der Waals surface area contributed by atoms with E-state index in [1.165, 1.54) is 4.90 Å². The molecule has 2 heterocycles. The predicted molar refractivity (Wildman–Crippen MR) is 72.2 cm³/mol. The topological polar surface area (TPSA) is 60.7 Å². The number of hydrogen-bond donors (Lipinski definition) is 0. The molecule has 1 saturated heterocycles. The molecule has 2 rings (SSSR count). The first-order valence-electron chi connectivity index (χ1n) is 5.97. The average molecular weight is 281 g/mol. The van der Waals surface area contributed by atoms with Crippen LogP contribution in [0.2, 0.25) is 0 Å². The second-order valence-electron chi connectivity index (χ2n) is 3.89. The number of rotatable bonds is 3. The van der Waals surface area contributed by atoms with E-state index in [1.54, 1.807) is 29.2 Å². The molecule has 0 spiro atoms. The van der Waals surface area contributed by atoms with Crippen LogP contribution in [0.1, 0.15) is 13.8 Å². The van der Waals surface area contributed by atoms with Crippen LogP contribution in [-0.4, -0.2) is 46.1 Å². The Morgan fingerprint density at radius 3 is 2.58 bits per heavy atom. The van der Waals surface area contributed by atoms with Crippen molar-refractivity contribution in [2.45, 2.75) is 13.8 Å². The van der Waals surface area contributed by atoms with Gasteiger partial charge < -0.3 is 4.74 Å². The van der Waals surface area contributed by atoms with Crippen LogP contribution in [0.25, 0.3) is 0 Å². The van der Waals surface area contributed by atoms with Gasteiger partial charge in [-0.2, -0.15) is 0 Å². The van der Waals surface area contributed by atoms with Crippen LogP contribution in [0.3, 0.4) is 0 Å². The van der Waals surface area contributed by atoms with Crippen LogP contribution in [0, 0.1) is 0 Å². The lowest BCUT2D eigenvalue weighted by molar-refractivity contribution is -0.122. The normalized spacial score (nSPS) is 23.2. The number of amides is 1. The molecule has 0 N–H and O–H groups in total. The maximum atomic E-state index is 11.9. The van der Waals surface area contributed by atoms with Crippen LogP contribution in [0.5, 0.6) is 0 Å². The van der Waals surface area contributed by atoms with Crippen molar-refractivity contribution in [1.82, 2.24) is 14.9 Å². The number of ether oxygens (including phenoxy) is 1. The quantitative estimate of drug-likeness (QED) is 0.578. The van der Waals surface area contributed by atoms with Crippen molar-refractivity contribution >= 4 is 23.3 Å². The summed E-state index contributed by atoms with van der Waals surface area (Å²) in [7, 11) is 1.78. The fraction of sp³-hybridized carbons (Fsp3) is 0.455. The van der Waals surface area contributed by atoms with Gasteiger partial charge >= 0.3 is 0 Å². The fourth-order valence-electron chi connectivity index (χ4n) is 1.72. The monoisotopic (exact) mass is 281 g/mol. The van der Waals surface area contributed by atoms with Crippen molar-refractivity contribution in [1.29, 1.82) is 0 Å². The van der Waals surface area contributed by atoms with Crippen molar-refractivity contribution in [3.8, 4) is 0 Å². The zero-order chi connectivity index (χ0) is 14.0. The van der Waals surface area contributed by atoms with Crippen LogP contribution in [0.4, 0.5) is 0 Å². The van der Waals surface area contributed by atoms with E-state index in [4.69, 9.17) is 17.0 Å². The molecule has 0 aromatic heterocycles. The molecular formula is C11H15N5O2S. The predicted octanol–water partition coefficient (Wildman–Crippen LogP) is 1.42. The van der Waals surface area contributed by atoms with E-state index in [0.717, 1.165) is 5.82 Å². The molecule has 1 amide bonds. The molecule has 1 fully saturated rings. The van der Waals surface area contributed by atoms with Gasteiger partial charge in [0.05, 0.1) is 0 Å². The molecule has 0 unspecified atom stereocenters. The second kappa shape index (κ2) is 5.35. The number of allylic oxidation sites excluding steroid dienone is 2. The zero-order valence-corrected chi connectivity index (χ0v) is 11.8. The summed E-state index contributed by atoms with van der Waals surface area (Å²) < 4.78 is 5.27. The smallest absolute Gasteiger partial charge is 0.297 e. The summed E-state index contributed by atoms with van der Waals surface area (Å²) >= 11 is 4.98. The zero-order valence-electron chi connectivity index (χ0n) is 11.0. The Hall–Kier alpha value is -1.96. The van der Waals surface area contributed by atoms with Crippen LogP contribution < -0.4 is 0 Å². The Morgan fingerprint density at radius 1 is 1.26 bits per heavy atom. The summed E-state index contributed by atoms with van der Waals surface area (Å²) in [4.78, 5) is 13.3. The largest absolute Gasteiger partial charge is 0.426 e. The average Bonchev–Trinajstić information content (AvgIpc) is 2.87. The third-order valence-electron chi connectivity index (χ3n) is 2.75. The summed E-state index contributed by atoms with van der Waals surface area (Å²) in [5.41, 5.74) is 0. The molecule has 0 atom stereocenters. The molecule has 8 heteroatoms. The maximum Gasteiger partial charge on any atom is 0.297 e. The number of hydrogen-bond acceptors (Lipinski definition) is 7. The van der Waals surface area contributed by atoms with E-state index in [1.807, 2.05) is 13.8 Å². The Morgan fingerprint density at radius 2 is 2.00 bits per heavy atom.